The van der Waals surface area contributed by atoms with Crippen LogP contribution in [0.4, 0.5) is 11.5 Å². The fraction of sp³-hybridized carbons (Fsp3) is 0.500. The fourth-order valence-corrected chi connectivity index (χ4v) is 1.68. The molecule has 1 aromatic heterocycles. The highest BCUT2D eigenvalue weighted by Gasteiger charge is 2.10. The first kappa shape index (κ1) is 12.8. The molecule has 5 nitrogen and oxygen atoms in total. The van der Waals surface area contributed by atoms with Gasteiger partial charge >= 0.3 is 0 Å². The largest absolute Gasteiger partial charge is 0.365 e. The lowest BCUT2D eigenvalue weighted by atomic mass is 10.1. The van der Waals surface area contributed by atoms with Crippen LogP contribution in [0.25, 0.3) is 0 Å². The summed E-state index contributed by atoms with van der Waals surface area (Å²) >= 11 is 0. The van der Waals surface area contributed by atoms with Crippen molar-refractivity contribution in [1.29, 1.82) is 0 Å². The Morgan fingerprint density at radius 3 is 2.25 bits per heavy atom. The van der Waals surface area contributed by atoms with Crippen molar-refractivity contribution in [2.45, 2.75) is 26.3 Å². The number of aromatic nitrogens is 1. The predicted octanol–water partition coefficient (Wildman–Crippen LogP) is 1.66. The third-order valence-electron chi connectivity index (χ3n) is 1.57. The van der Waals surface area contributed by atoms with E-state index in [4.69, 9.17) is 0 Å². The molecule has 0 radical (unpaired) electrons. The Hall–Kier alpha value is -1.30. The summed E-state index contributed by atoms with van der Waals surface area (Å²) in [7, 11) is -3.24. The molecular formula is C10H17N3O2S. The predicted molar refractivity (Wildman–Crippen MR) is 66.1 cm³/mol. The summed E-state index contributed by atoms with van der Waals surface area (Å²) in [5.41, 5.74) is 0.389. The van der Waals surface area contributed by atoms with Gasteiger partial charge in [0.1, 0.15) is 5.82 Å². The molecule has 0 amide bonds. The van der Waals surface area contributed by atoms with Crippen molar-refractivity contribution in [3.8, 4) is 0 Å². The van der Waals surface area contributed by atoms with Crippen molar-refractivity contribution in [2.75, 3.05) is 16.3 Å². The second kappa shape index (κ2) is 4.29. The van der Waals surface area contributed by atoms with E-state index in [0.29, 0.717) is 11.5 Å². The number of rotatable bonds is 3. The summed E-state index contributed by atoms with van der Waals surface area (Å²) in [5, 5.41) is 3.18. The highest BCUT2D eigenvalue weighted by atomic mass is 32.2. The van der Waals surface area contributed by atoms with E-state index >= 15 is 0 Å². The minimum atomic E-state index is -3.24. The van der Waals surface area contributed by atoms with Crippen molar-refractivity contribution >= 4 is 21.5 Å². The molecule has 6 heteroatoms. The summed E-state index contributed by atoms with van der Waals surface area (Å²) in [4.78, 5) is 4.11. The summed E-state index contributed by atoms with van der Waals surface area (Å²) < 4.78 is 24.3. The lowest BCUT2D eigenvalue weighted by molar-refractivity contribution is 0.606. The smallest absolute Gasteiger partial charge is 0.229 e. The summed E-state index contributed by atoms with van der Waals surface area (Å²) in [5.74, 6) is 0.714. The molecule has 90 valence electrons. The number of hydrogen-bond donors (Lipinski definition) is 2. The van der Waals surface area contributed by atoms with Crippen LogP contribution in [0.3, 0.4) is 0 Å². The maximum Gasteiger partial charge on any atom is 0.229 e. The molecule has 0 aliphatic carbocycles. The molecule has 0 bridgehead atoms. The maximum absolute atomic E-state index is 11.0. The molecule has 1 heterocycles. The summed E-state index contributed by atoms with van der Waals surface area (Å²) in [6.07, 6.45) is 2.59. The van der Waals surface area contributed by atoms with Gasteiger partial charge in [0.15, 0.2) is 0 Å². The monoisotopic (exact) mass is 243 g/mol. The highest BCUT2D eigenvalue weighted by Crippen LogP contribution is 2.14. The van der Waals surface area contributed by atoms with E-state index < -0.39 is 10.0 Å². The lowest BCUT2D eigenvalue weighted by Gasteiger charge is -2.21. The number of hydrogen-bond acceptors (Lipinski definition) is 4. The molecule has 1 rings (SSSR count). The van der Waals surface area contributed by atoms with E-state index in [-0.39, 0.29) is 5.54 Å². The lowest BCUT2D eigenvalue weighted by Crippen LogP contribution is -2.26. The van der Waals surface area contributed by atoms with E-state index in [1.165, 1.54) is 6.20 Å². The van der Waals surface area contributed by atoms with Gasteiger partial charge in [-0.15, -0.1) is 0 Å². The SMILES string of the molecule is CC(C)(C)Nc1ccc(NS(C)(=O)=O)cn1. The zero-order valence-corrected chi connectivity index (χ0v) is 10.7. The normalized spacial score (nSPS) is 12.2. The highest BCUT2D eigenvalue weighted by molar-refractivity contribution is 7.92. The first-order chi connectivity index (χ1) is 7.16. The summed E-state index contributed by atoms with van der Waals surface area (Å²) in [6.45, 7) is 6.08. The molecule has 0 atom stereocenters. The quantitative estimate of drug-likeness (QED) is 0.847. The van der Waals surface area contributed by atoms with Crippen LogP contribution in [0.15, 0.2) is 18.3 Å². The molecule has 0 aliphatic heterocycles. The second-order valence-corrected chi connectivity index (χ2v) is 6.43. The van der Waals surface area contributed by atoms with Gasteiger partial charge in [-0.05, 0) is 32.9 Å². The molecule has 1 aromatic rings. The summed E-state index contributed by atoms with van der Waals surface area (Å²) in [6, 6.07) is 3.40. The van der Waals surface area contributed by atoms with Gasteiger partial charge in [0.05, 0.1) is 18.1 Å². The van der Waals surface area contributed by atoms with Crippen LogP contribution in [-0.2, 0) is 10.0 Å². The van der Waals surface area contributed by atoms with Crippen LogP contribution in [0.2, 0.25) is 0 Å². The van der Waals surface area contributed by atoms with Gasteiger partial charge in [0.25, 0.3) is 0 Å². The van der Waals surface area contributed by atoms with Crippen molar-refractivity contribution in [3.63, 3.8) is 0 Å². The van der Waals surface area contributed by atoms with Crippen LogP contribution >= 0.6 is 0 Å². The second-order valence-electron chi connectivity index (χ2n) is 4.68. The number of nitrogens with zero attached hydrogens (tertiary/aromatic N) is 1. The molecule has 0 aliphatic rings. The third-order valence-corrected chi connectivity index (χ3v) is 2.18. The van der Waals surface area contributed by atoms with Gasteiger partial charge in [-0.3, -0.25) is 4.72 Å². The molecule has 0 aromatic carbocycles. The maximum atomic E-state index is 11.0. The van der Waals surface area contributed by atoms with Gasteiger partial charge in [0, 0.05) is 5.54 Å². The molecule has 0 unspecified atom stereocenters. The van der Waals surface area contributed by atoms with Gasteiger partial charge in [-0.2, -0.15) is 0 Å². The van der Waals surface area contributed by atoms with Crippen molar-refractivity contribution < 1.29 is 8.42 Å². The molecule has 0 spiro atoms. The van der Waals surface area contributed by atoms with Gasteiger partial charge in [-0.25, -0.2) is 13.4 Å². The Balaban J connectivity index is 2.76. The average molecular weight is 243 g/mol. The standard InChI is InChI=1S/C10H17N3O2S/c1-10(2,3)12-9-6-5-8(7-11-9)13-16(4,14)15/h5-7,13H,1-4H3,(H,11,12). The first-order valence-corrected chi connectivity index (χ1v) is 6.77. The van der Waals surface area contributed by atoms with Crippen molar-refractivity contribution in [3.05, 3.63) is 18.3 Å². The Bertz CT molecular complexity index is 446. The van der Waals surface area contributed by atoms with E-state index in [2.05, 4.69) is 15.0 Å². The van der Waals surface area contributed by atoms with Crippen molar-refractivity contribution in [1.82, 2.24) is 4.98 Å². The van der Waals surface area contributed by atoms with Gasteiger partial charge < -0.3 is 5.32 Å². The van der Waals surface area contributed by atoms with Crippen LogP contribution in [0, 0.1) is 0 Å². The van der Waals surface area contributed by atoms with Gasteiger partial charge in [-0.1, -0.05) is 0 Å². The van der Waals surface area contributed by atoms with Crippen molar-refractivity contribution in [2.24, 2.45) is 0 Å². The zero-order valence-electron chi connectivity index (χ0n) is 9.90. The van der Waals surface area contributed by atoms with E-state index in [9.17, 15) is 8.42 Å². The Morgan fingerprint density at radius 2 is 1.88 bits per heavy atom. The van der Waals surface area contributed by atoms with Crippen LogP contribution in [-0.4, -0.2) is 25.2 Å². The van der Waals surface area contributed by atoms with E-state index in [1.807, 2.05) is 20.8 Å². The Morgan fingerprint density at radius 1 is 1.25 bits per heavy atom. The molecular weight excluding hydrogens is 226 g/mol. The minimum absolute atomic E-state index is 0.0707. The fourth-order valence-electron chi connectivity index (χ4n) is 1.13. The van der Waals surface area contributed by atoms with E-state index in [1.54, 1.807) is 12.1 Å². The van der Waals surface area contributed by atoms with Crippen LogP contribution in [0.1, 0.15) is 20.8 Å². The molecule has 0 fully saturated rings. The Labute approximate surface area is 96.3 Å². The molecule has 16 heavy (non-hydrogen) atoms. The number of nitrogens with one attached hydrogen (secondary N) is 2. The molecule has 0 saturated carbocycles. The van der Waals surface area contributed by atoms with Gasteiger partial charge in [0.2, 0.25) is 10.0 Å². The number of pyridine rings is 1. The molecule has 2 N–H and O–H groups in total. The zero-order chi connectivity index (χ0) is 12.4. The number of anilines is 2. The van der Waals surface area contributed by atoms with Crippen LogP contribution in [0.5, 0.6) is 0 Å². The molecule has 0 saturated heterocycles. The van der Waals surface area contributed by atoms with Crippen LogP contribution < -0.4 is 10.0 Å². The topological polar surface area (TPSA) is 71.1 Å². The minimum Gasteiger partial charge on any atom is -0.365 e. The Kier molecular flexibility index (Phi) is 3.42. The first-order valence-electron chi connectivity index (χ1n) is 4.88. The van der Waals surface area contributed by atoms with E-state index in [0.717, 1.165) is 6.26 Å². The third kappa shape index (κ3) is 4.97. The number of sulfonamides is 1. The average Bonchev–Trinajstić information content (AvgIpc) is 2.03.